The lowest BCUT2D eigenvalue weighted by Gasteiger charge is -2.19. The number of nitrogens with two attached hydrogens (primary N) is 1. The number of rotatable bonds is 9. The lowest BCUT2D eigenvalue weighted by atomic mass is 10.3. The van der Waals surface area contributed by atoms with E-state index in [0.717, 1.165) is 4.31 Å². The summed E-state index contributed by atoms with van der Waals surface area (Å²) >= 11 is 0. The maximum Gasteiger partial charge on any atom is 0.214 e. The second kappa shape index (κ2) is 8.00. The Morgan fingerprint density at radius 2 is 1.60 bits per heavy atom. The topological polar surface area (TPSA) is 104 Å². The Labute approximate surface area is 90.7 Å². The van der Waals surface area contributed by atoms with Crippen LogP contribution in [-0.2, 0) is 10.0 Å². The van der Waals surface area contributed by atoms with Gasteiger partial charge >= 0.3 is 0 Å². The molecule has 0 aliphatic heterocycles. The molecule has 0 spiro atoms. The van der Waals surface area contributed by atoms with Gasteiger partial charge in [0, 0.05) is 13.1 Å². The molecule has 0 fully saturated rings. The number of hydrogen-bond acceptors (Lipinski definition) is 5. The molecule has 0 rings (SSSR count). The van der Waals surface area contributed by atoms with Crippen LogP contribution in [0, 0.1) is 0 Å². The molecule has 7 heteroatoms. The zero-order valence-electron chi connectivity index (χ0n) is 8.80. The Morgan fingerprint density at radius 3 is 2.00 bits per heavy atom. The first-order chi connectivity index (χ1) is 7.08. The van der Waals surface area contributed by atoms with Crippen LogP contribution in [0.1, 0.15) is 12.8 Å². The minimum atomic E-state index is -3.36. The summed E-state index contributed by atoms with van der Waals surface area (Å²) in [5.74, 6) is 0.0181. The summed E-state index contributed by atoms with van der Waals surface area (Å²) in [6, 6.07) is 0. The highest BCUT2D eigenvalue weighted by Crippen LogP contribution is 2.03. The Kier molecular flexibility index (Phi) is 7.89. The summed E-state index contributed by atoms with van der Waals surface area (Å²) in [6.45, 7) is 0.0544. The summed E-state index contributed by atoms with van der Waals surface area (Å²) < 4.78 is 24.4. The molecule has 4 N–H and O–H groups in total. The third-order valence-electron chi connectivity index (χ3n) is 1.95. The third kappa shape index (κ3) is 6.06. The van der Waals surface area contributed by atoms with Crippen molar-refractivity contribution in [1.29, 1.82) is 0 Å². The van der Waals surface area contributed by atoms with Crippen molar-refractivity contribution in [3.05, 3.63) is 0 Å². The second-order valence-corrected chi connectivity index (χ2v) is 5.25. The van der Waals surface area contributed by atoms with Gasteiger partial charge in [-0.15, -0.1) is 0 Å². The van der Waals surface area contributed by atoms with E-state index in [2.05, 4.69) is 0 Å². The average Bonchev–Trinajstić information content (AvgIpc) is 2.18. The summed E-state index contributed by atoms with van der Waals surface area (Å²) in [6.07, 6.45) is 1.16. The van der Waals surface area contributed by atoms with Crippen molar-refractivity contribution in [3.63, 3.8) is 0 Å². The van der Waals surface area contributed by atoms with Gasteiger partial charge in [0.25, 0.3) is 0 Å². The van der Waals surface area contributed by atoms with Gasteiger partial charge < -0.3 is 15.9 Å². The van der Waals surface area contributed by atoms with Gasteiger partial charge in [0.05, 0.1) is 19.0 Å². The number of nitrogens with zero attached hydrogens (tertiary/aromatic N) is 1. The molecule has 0 aliphatic carbocycles. The van der Waals surface area contributed by atoms with Crippen LogP contribution in [0.5, 0.6) is 0 Å². The average molecular weight is 240 g/mol. The highest BCUT2D eigenvalue weighted by atomic mass is 32.2. The number of aliphatic hydroxyl groups is 2. The lowest BCUT2D eigenvalue weighted by molar-refractivity contribution is 0.217. The smallest absolute Gasteiger partial charge is 0.214 e. The lowest BCUT2D eigenvalue weighted by Crippen LogP contribution is -2.37. The minimum absolute atomic E-state index is 0.0181. The SMILES string of the molecule is NCCCCS(=O)(=O)N(CCO)CCO. The van der Waals surface area contributed by atoms with E-state index in [4.69, 9.17) is 15.9 Å². The Hall–Kier alpha value is -0.210. The quantitative estimate of drug-likeness (QED) is 0.419. The van der Waals surface area contributed by atoms with Crippen molar-refractivity contribution in [2.45, 2.75) is 12.8 Å². The maximum absolute atomic E-state index is 11.6. The first-order valence-electron chi connectivity index (χ1n) is 4.98. The summed E-state index contributed by atoms with van der Waals surface area (Å²) in [4.78, 5) is 0. The van der Waals surface area contributed by atoms with Gasteiger partial charge in [-0.25, -0.2) is 8.42 Å². The molecule has 0 aliphatic rings. The third-order valence-corrected chi connectivity index (χ3v) is 3.91. The van der Waals surface area contributed by atoms with Crippen LogP contribution in [0.3, 0.4) is 0 Å². The fourth-order valence-corrected chi connectivity index (χ4v) is 2.72. The Balaban J connectivity index is 4.22. The van der Waals surface area contributed by atoms with Gasteiger partial charge in [-0.05, 0) is 19.4 Å². The standard InChI is InChI=1S/C8H20N2O4S/c9-3-1-2-8-15(13,14)10(4-6-11)5-7-12/h11-12H,1-9H2. The van der Waals surface area contributed by atoms with E-state index < -0.39 is 10.0 Å². The van der Waals surface area contributed by atoms with E-state index in [9.17, 15) is 8.42 Å². The number of unbranched alkanes of at least 4 members (excludes halogenated alkanes) is 1. The summed E-state index contributed by atoms with van der Waals surface area (Å²) in [5, 5.41) is 17.4. The van der Waals surface area contributed by atoms with E-state index in [1.165, 1.54) is 0 Å². The van der Waals surface area contributed by atoms with E-state index in [-0.39, 0.29) is 32.1 Å². The van der Waals surface area contributed by atoms with E-state index in [1.54, 1.807) is 0 Å². The van der Waals surface area contributed by atoms with Crippen molar-refractivity contribution in [3.8, 4) is 0 Å². The highest BCUT2D eigenvalue weighted by Gasteiger charge is 2.19. The van der Waals surface area contributed by atoms with Gasteiger partial charge in [0.2, 0.25) is 10.0 Å². The molecule has 0 aromatic heterocycles. The zero-order valence-corrected chi connectivity index (χ0v) is 9.62. The molecule has 92 valence electrons. The van der Waals surface area contributed by atoms with Crippen LogP contribution in [0.15, 0.2) is 0 Å². The van der Waals surface area contributed by atoms with Gasteiger partial charge in [0.15, 0.2) is 0 Å². The molecule has 15 heavy (non-hydrogen) atoms. The number of hydrogen-bond donors (Lipinski definition) is 3. The Bertz CT molecular complexity index is 237. The molecule has 0 heterocycles. The summed E-state index contributed by atoms with van der Waals surface area (Å²) in [5.41, 5.74) is 5.26. The maximum atomic E-state index is 11.6. The van der Waals surface area contributed by atoms with E-state index >= 15 is 0 Å². The Morgan fingerprint density at radius 1 is 1.07 bits per heavy atom. The zero-order chi connectivity index (χ0) is 11.7. The van der Waals surface area contributed by atoms with E-state index in [0.29, 0.717) is 19.4 Å². The van der Waals surface area contributed by atoms with Crippen LogP contribution >= 0.6 is 0 Å². The largest absolute Gasteiger partial charge is 0.395 e. The van der Waals surface area contributed by atoms with Crippen molar-refractivity contribution in [1.82, 2.24) is 4.31 Å². The number of sulfonamides is 1. The van der Waals surface area contributed by atoms with Crippen molar-refractivity contribution >= 4 is 10.0 Å². The molecule has 0 radical (unpaired) electrons. The van der Waals surface area contributed by atoms with Crippen LogP contribution in [0.25, 0.3) is 0 Å². The first-order valence-corrected chi connectivity index (χ1v) is 6.59. The van der Waals surface area contributed by atoms with Crippen LogP contribution in [-0.4, -0.2) is 61.5 Å². The molecule has 0 bridgehead atoms. The van der Waals surface area contributed by atoms with Gasteiger partial charge in [-0.3, -0.25) is 0 Å². The van der Waals surface area contributed by atoms with Gasteiger partial charge in [-0.1, -0.05) is 0 Å². The van der Waals surface area contributed by atoms with E-state index in [1.807, 2.05) is 0 Å². The van der Waals surface area contributed by atoms with Crippen LogP contribution in [0.4, 0.5) is 0 Å². The minimum Gasteiger partial charge on any atom is -0.395 e. The fraction of sp³-hybridized carbons (Fsp3) is 1.00. The van der Waals surface area contributed by atoms with Crippen molar-refractivity contribution < 1.29 is 18.6 Å². The van der Waals surface area contributed by atoms with Gasteiger partial charge in [0.1, 0.15) is 0 Å². The normalized spacial score (nSPS) is 12.3. The monoisotopic (exact) mass is 240 g/mol. The highest BCUT2D eigenvalue weighted by molar-refractivity contribution is 7.89. The summed E-state index contributed by atoms with van der Waals surface area (Å²) in [7, 11) is -3.36. The molecular formula is C8H20N2O4S. The molecule has 0 saturated carbocycles. The molecule has 0 amide bonds. The molecule has 0 aromatic carbocycles. The molecular weight excluding hydrogens is 220 g/mol. The molecule has 0 saturated heterocycles. The molecule has 6 nitrogen and oxygen atoms in total. The number of aliphatic hydroxyl groups excluding tert-OH is 2. The molecule has 0 atom stereocenters. The van der Waals surface area contributed by atoms with Crippen molar-refractivity contribution in [2.75, 3.05) is 38.6 Å². The van der Waals surface area contributed by atoms with Gasteiger partial charge in [-0.2, -0.15) is 4.31 Å². The molecule has 0 unspecified atom stereocenters. The second-order valence-electron chi connectivity index (χ2n) is 3.16. The fourth-order valence-electron chi connectivity index (χ4n) is 1.17. The van der Waals surface area contributed by atoms with Crippen LogP contribution in [0.2, 0.25) is 0 Å². The predicted octanol–water partition coefficient (Wildman–Crippen LogP) is -1.66. The molecule has 0 aromatic rings. The first kappa shape index (κ1) is 14.8. The van der Waals surface area contributed by atoms with Crippen LogP contribution < -0.4 is 5.73 Å². The predicted molar refractivity (Wildman–Crippen MR) is 57.8 cm³/mol. The van der Waals surface area contributed by atoms with Crippen molar-refractivity contribution in [2.24, 2.45) is 5.73 Å².